The summed E-state index contributed by atoms with van der Waals surface area (Å²) >= 11 is 0. The molecule has 0 aromatic rings. The van der Waals surface area contributed by atoms with Crippen LogP contribution in [-0.4, -0.2) is 22.3 Å². The van der Waals surface area contributed by atoms with Crippen molar-refractivity contribution in [3.8, 4) is 0 Å². The number of carboxylic acid groups (broad SMARTS) is 1. The number of carboxylic acids is 1. The summed E-state index contributed by atoms with van der Waals surface area (Å²) in [7, 11) is 2.62. The molecule has 0 aliphatic carbocycles. The van der Waals surface area contributed by atoms with Crippen molar-refractivity contribution in [1.29, 1.82) is 0 Å². The van der Waals surface area contributed by atoms with Crippen LogP contribution >= 0.6 is 9.24 Å². The molecular weight excluding hydrogens is 345 g/mol. The van der Waals surface area contributed by atoms with Gasteiger partial charge in [0.1, 0.15) is 0 Å². The minimum Gasteiger partial charge on any atom is -0.481 e. The third kappa shape index (κ3) is 9.35. The highest BCUT2D eigenvalue weighted by Gasteiger charge is 2.40. The molecule has 0 aliphatic heterocycles. The summed E-state index contributed by atoms with van der Waals surface area (Å²) in [6, 6.07) is 0. The Labute approximate surface area is 163 Å². The molecule has 0 bridgehead atoms. The van der Waals surface area contributed by atoms with Crippen molar-refractivity contribution >= 4 is 21.1 Å². The lowest BCUT2D eigenvalue weighted by Gasteiger charge is -2.38. The smallest absolute Gasteiger partial charge is 0.309 e. The predicted octanol–water partition coefficient (Wildman–Crippen LogP) is 5.61. The second-order valence-corrected chi connectivity index (χ2v) is 11.5. The molecular formula is C21H42NO3P. The first kappa shape index (κ1) is 25.4. The lowest BCUT2D eigenvalue weighted by atomic mass is 9.72. The van der Waals surface area contributed by atoms with Crippen LogP contribution in [0, 0.1) is 16.2 Å². The molecule has 0 aromatic heterocycles. The predicted molar refractivity (Wildman–Crippen MR) is 113 cm³/mol. The van der Waals surface area contributed by atoms with Gasteiger partial charge in [-0.3, -0.25) is 9.59 Å². The minimum absolute atomic E-state index is 0.0159. The summed E-state index contributed by atoms with van der Waals surface area (Å²) in [5.41, 5.74) is -1.29. The molecule has 0 aliphatic rings. The zero-order valence-electron chi connectivity index (χ0n) is 18.3. The van der Waals surface area contributed by atoms with E-state index in [1.807, 2.05) is 20.8 Å². The number of aliphatic carboxylic acids is 1. The van der Waals surface area contributed by atoms with E-state index in [-0.39, 0.29) is 11.3 Å². The Hall–Kier alpha value is -0.630. The Bertz CT molecular complexity index is 482. The number of unbranched alkanes of at least 4 members (excludes halogenated alkanes) is 3. The van der Waals surface area contributed by atoms with E-state index in [0.29, 0.717) is 6.42 Å². The minimum atomic E-state index is -0.896. The average molecular weight is 388 g/mol. The summed E-state index contributed by atoms with van der Waals surface area (Å²) < 4.78 is 0. The summed E-state index contributed by atoms with van der Waals surface area (Å²) in [6.07, 6.45) is 7.23. The van der Waals surface area contributed by atoms with E-state index in [1.54, 1.807) is 13.8 Å². The zero-order valence-corrected chi connectivity index (χ0v) is 19.4. The normalized spacial score (nSPS) is 15.4. The van der Waals surface area contributed by atoms with E-state index < -0.39 is 22.1 Å². The molecule has 5 heteroatoms. The Balaban J connectivity index is 4.86. The maximum absolute atomic E-state index is 12.9. The quantitative estimate of drug-likeness (QED) is 0.338. The molecule has 2 atom stereocenters. The van der Waals surface area contributed by atoms with Crippen LogP contribution in [0.15, 0.2) is 0 Å². The van der Waals surface area contributed by atoms with Crippen LogP contribution in [0.2, 0.25) is 0 Å². The van der Waals surface area contributed by atoms with Crippen molar-refractivity contribution in [2.45, 2.75) is 106 Å². The molecule has 0 saturated heterocycles. The molecule has 1 amide bonds. The van der Waals surface area contributed by atoms with Crippen molar-refractivity contribution in [1.82, 2.24) is 5.32 Å². The number of amides is 1. The fourth-order valence-electron chi connectivity index (χ4n) is 3.86. The molecule has 0 rings (SSSR count). The lowest BCUT2D eigenvalue weighted by Crippen LogP contribution is -2.50. The maximum atomic E-state index is 12.9. The zero-order chi connectivity index (χ0) is 20.8. The summed E-state index contributed by atoms with van der Waals surface area (Å²) in [6.45, 7) is 15.9. The summed E-state index contributed by atoms with van der Waals surface area (Å²) in [5.74, 6) is -0.870. The number of carbonyl (C=O) groups excluding carboxylic acids is 1. The van der Waals surface area contributed by atoms with Gasteiger partial charge in [-0.05, 0) is 45.4 Å². The highest BCUT2D eigenvalue weighted by Crippen LogP contribution is 2.39. The number of nitrogens with one attached hydrogen (secondary N) is 1. The van der Waals surface area contributed by atoms with Gasteiger partial charge in [-0.2, -0.15) is 0 Å². The molecule has 0 heterocycles. The van der Waals surface area contributed by atoms with E-state index in [4.69, 9.17) is 0 Å². The van der Waals surface area contributed by atoms with Gasteiger partial charge in [0.25, 0.3) is 0 Å². The number of hydrogen-bond acceptors (Lipinski definition) is 2. The topological polar surface area (TPSA) is 66.4 Å². The first-order valence-corrected chi connectivity index (χ1v) is 10.5. The van der Waals surface area contributed by atoms with Crippen molar-refractivity contribution < 1.29 is 14.7 Å². The second-order valence-electron chi connectivity index (χ2n) is 10.3. The fourth-order valence-corrected chi connectivity index (χ4v) is 4.50. The Kier molecular flexibility index (Phi) is 9.30. The standard InChI is InChI=1S/C21H42NO3P/c1-9-10-11-12-13-18(2,3)14-19(4,5)16(23)22-21(8,26)15-20(6,7)17(24)25/h9-15,26H2,1-8H3,(H,22,23)(H,24,25). The molecule has 4 nitrogen and oxygen atoms in total. The molecule has 2 unspecified atom stereocenters. The van der Waals surface area contributed by atoms with Gasteiger partial charge in [0, 0.05) is 5.41 Å². The molecule has 0 aromatic carbocycles. The maximum Gasteiger partial charge on any atom is 0.309 e. The van der Waals surface area contributed by atoms with Crippen LogP contribution in [0.25, 0.3) is 0 Å². The molecule has 0 fully saturated rings. The van der Waals surface area contributed by atoms with Gasteiger partial charge in [0.15, 0.2) is 0 Å². The monoisotopic (exact) mass is 387 g/mol. The Morgan fingerprint density at radius 1 is 0.885 bits per heavy atom. The molecule has 0 radical (unpaired) electrons. The van der Waals surface area contributed by atoms with Gasteiger partial charge in [0.2, 0.25) is 5.91 Å². The number of hydrogen-bond donors (Lipinski definition) is 2. The van der Waals surface area contributed by atoms with Gasteiger partial charge in [-0.1, -0.05) is 60.3 Å². The van der Waals surface area contributed by atoms with E-state index in [0.717, 1.165) is 12.8 Å². The molecule has 26 heavy (non-hydrogen) atoms. The van der Waals surface area contributed by atoms with Gasteiger partial charge >= 0.3 is 5.97 Å². The number of rotatable bonds is 12. The third-order valence-corrected chi connectivity index (χ3v) is 5.38. The van der Waals surface area contributed by atoms with E-state index in [2.05, 4.69) is 35.3 Å². The second kappa shape index (κ2) is 9.53. The van der Waals surface area contributed by atoms with Gasteiger partial charge < -0.3 is 10.4 Å². The Morgan fingerprint density at radius 3 is 1.88 bits per heavy atom. The van der Waals surface area contributed by atoms with Crippen LogP contribution in [0.1, 0.15) is 100 Å². The van der Waals surface area contributed by atoms with Crippen molar-refractivity contribution in [2.24, 2.45) is 16.2 Å². The van der Waals surface area contributed by atoms with Crippen LogP contribution in [-0.2, 0) is 9.59 Å². The number of carbonyl (C=O) groups is 2. The fraction of sp³-hybridized carbons (Fsp3) is 0.905. The van der Waals surface area contributed by atoms with Crippen LogP contribution < -0.4 is 5.32 Å². The van der Waals surface area contributed by atoms with Crippen LogP contribution in [0.5, 0.6) is 0 Å². The third-order valence-electron chi connectivity index (χ3n) is 5.03. The SMILES string of the molecule is CCCCCCC(C)(C)CC(C)(C)C(=O)NC(C)(P)CC(C)(C)C(=O)O. The van der Waals surface area contributed by atoms with Crippen molar-refractivity contribution in [3.63, 3.8) is 0 Å². The highest BCUT2D eigenvalue weighted by molar-refractivity contribution is 7.18. The average Bonchev–Trinajstić information content (AvgIpc) is 2.40. The van der Waals surface area contributed by atoms with Crippen molar-refractivity contribution in [3.05, 3.63) is 0 Å². The first-order valence-electron chi connectivity index (χ1n) is 9.90. The lowest BCUT2D eigenvalue weighted by molar-refractivity contribution is -0.148. The summed E-state index contributed by atoms with van der Waals surface area (Å²) in [5, 5.41) is 11.8. The molecule has 154 valence electrons. The summed E-state index contributed by atoms with van der Waals surface area (Å²) in [4.78, 5) is 24.3. The van der Waals surface area contributed by atoms with E-state index >= 15 is 0 Å². The molecule has 0 spiro atoms. The van der Waals surface area contributed by atoms with Gasteiger partial charge in [-0.25, -0.2) is 0 Å². The molecule has 0 saturated carbocycles. The highest BCUT2D eigenvalue weighted by atomic mass is 31.0. The van der Waals surface area contributed by atoms with E-state index in [9.17, 15) is 14.7 Å². The van der Waals surface area contributed by atoms with Crippen LogP contribution in [0.3, 0.4) is 0 Å². The van der Waals surface area contributed by atoms with Gasteiger partial charge in [0.05, 0.1) is 10.7 Å². The first-order chi connectivity index (χ1) is 11.5. The van der Waals surface area contributed by atoms with Gasteiger partial charge in [-0.15, -0.1) is 9.24 Å². The van der Waals surface area contributed by atoms with Crippen molar-refractivity contribution in [2.75, 3.05) is 0 Å². The van der Waals surface area contributed by atoms with Crippen LogP contribution in [0.4, 0.5) is 0 Å². The molecule has 2 N–H and O–H groups in total. The largest absolute Gasteiger partial charge is 0.481 e. The Morgan fingerprint density at radius 2 is 1.42 bits per heavy atom. The van der Waals surface area contributed by atoms with E-state index in [1.165, 1.54) is 25.7 Å².